The smallest absolute Gasteiger partial charge is 0.124 e. The Bertz CT molecular complexity index is 433. The molecule has 1 aromatic rings. The second-order valence-corrected chi connectivity index (χ2v) is 4.90. The molecular formula is C13H16FNO2S. The molecule has 1 saturated heterocycles. The van der Waals surface area contributed by atoms with E-state index in [9.17, 15) is 4.39 Å². The van der Waals surface area contributed by atoms with E-state index in [2.05, 4.69) is 0 Å². The summed E-state index contributed by atoms with van der Waals surface area (Å²) in [5, 5.41) is 0. The highest BCUT2D eigenvalue weighted by Gasteiger charge is 2.15. The van der Waals surface area contributed by atoms with E-state index in [0.717, 1.165) is 25.2 Å². The molecule has 98 valence electrons. The van der Waals surface area contributed by atoms with E-state index < -0.39 is 0 Å². The van der Waals surface area contributed by atoms with E-state index in [4.69, 9.17) is 27.4 Å². The van der Waals surface area contributed by atoms with Crippen molar-refractivity contribution >= 4 is 17.2 Å². The van der Waals surface area contributed by atoms with Gasteiger partial charge in [-0.2, -0.15) is 0 Å². The third kappa shape index (κ3) is 3.73. The molecule has 1 atom stereocenters. The normalized spacial score (nSPS) is 19.1. The zero-order chi connectivity index (χ0) is 13.0. The van der Waals surface area contributed by atoms with Gasteiger partial charge in [0.25, 0.3) is 0 Å². The van der Waals surface area contributed by atoms with Crippen molar-refractivity contribution in [2.45, 2.75) is 13.0 Å². The fourth-order valence-corrected chi connectivity index (χ4v) is 2.05. The van der Waals surface area contributed by atoms with E-state index in [0.29, 0.717) is 24.7 Å². The molecule has 1 aromatic carbocycles. The highest BCUT2D eigenvalue weighted by Crippen LogP contribution is 2.15. The molecule has 1 heterocycles. The van der Waals surface area contributed by atoms with Crippen LogP contribution in [0.5, 0.6) is 0 Å². The number of ether oxygens (including phenoxy) is 2. The Hall–Kier alpha value is -1.04. The Morgan fingerprint density at radius 2 is 2.33 bits per heavy atom. The van der Waals surface area contributed by atoms with Crippen LogP contribution in [-0.2, 0) is 16.1 Å². The molecule has 0 radical (unpaired) electrons. The molecule has 1 aliphatic heterocycles. The van der Waals surface area contributed by atoms with Gasteiger partial charge in [-0.05, 0) is 30.2 Å². The lowest BCUT2D eigenvalue weighted by Crippen LogP contribution is -2.12. The number of halogens is 1. The van der Waals surface area contributed by atoms with Gasteiger partial charge >= 0.3 is 0 Å². The van der Waals surface area contributed by atoms with Crippen LogP contribution < -0.4 is 5.73 Å². The minimum atomic E-state index is -0.344. The number of hydrogen-bond acceptors (Lipinski definition) is 3. The van der Waals surface area contributed by atoms with Crippen molar-refractivity contribution in [1.29, 1.82) is 0 Å². The summed E-state index contributed by atoms with van der Waals surface area (Å²) in [5.41, 5.74) is 6.77. The lowest BCUT2D eigenvalue weighted by molar-refractivity contribution is 0.0790. The monoisotopic (exact) mass is 269 g/mol. The average molecular weight is 269 g/mol. The first-order chi connectivity index (χ1) is 8.65. The van der Waals surface area contributed by atoms with E-state index >= 15 is 0 Å². The highest BCUT2D eigenvalue weighted by molar-refractivity contribution is 7.80. The first-order valence-corrected chi connectivity index (χ1v) is 6.31. The molecule has 18 heavy (non-hydrogen) atoms. The van der Waals surface area contributed by atoms with Gasteiger partial charge in [0, 0.05) is 18.1 Å². The Morgan fingerprint density at radius 1 is 1.50 bits per heavy atom. The average Bonchev–Trinajstić information content (AvgIpc) is 2.81. The van der Waals surface area contributed by atoms with Crippen molar-refractivity contribution in [1.82, 2.24) is 0 Å². The SMILES string of the molecule is NC(=S)c1cc(F)cc(COCC2CCOC2)c1. The van der Waals surface area contributed by atoms with Gasteiger partial charge in [-0.3, -0.25) is 0 Å². The van der Waals surface area contributed by atoms with Crippen molar-refractivity contribution in [3.05, 3.63) is 35.1 Å². The predicted molar refractivity (Wildman–Crippen MR) is 70.9 cm³/mol. The number of nitrogens with two attached hydrogens (primary N) is 1. The Balaban J connectivity index is 1.89. The molecule has 0 bridgehead atoms. The summed E-state index contributed by atoms with van der Waals surface area (Å²) in [7, 11) is 0. The van der Waals surface area contributed by atoms with Crippen LogP contribution in [-0.4, -0.2) is 24.8 Å². The second kappa shape index (κ2) is 6.22. The molecule has 0 aliphatic carbocycles. The van der Waals surface area contributed by atoms with Crippen molar-refractivity contribution in [2.24, 2.45) is 11.7 Å². The molecule has 1 fully saturated rings. The molecule has 1 aliphatic rings. The number of rotatable bonds is 5. The van der Waals surface area contributed by atoms with Crippen molar-refractivity contribution in [3.63, 3.8) is 0 Å². The van der Waals surface area contributed by atoms with Crippen LogP contribution in [0.3, 0.4) is 0 Å². The van der Waals surface area contributed by atoms with Crippen molar-refractivity contribution in [3.8, 4) is 0 Å². The zero-order valence-corrected chi connectivity index (χ0v) is 10.8. The molecule has 3 nitrogen and oxygen atoms in total. The largest absolute Gasteiger partial charge is 0.389 e. The second-order valence-electron chi connectivity index (χ2n) is 4.46. The molecule has 0 aromatic heterocycles. The van der Waals surface area contributed by atoms with E-state index in [1.165, 1.54) is 12.1 Å². The summed E-state index contributed by atoms with van der Waals surface area (Å²) in [6.45, 7) is 2.56. The van der Waals surface area contributed by atoms with Gasteiger partial charge in [0.1, 0.15) is 10.8 Å². The topological polar surface area (TPSA) is 44.5 Å². The Labute approximate surface area is 111 Å². The molecule has 5 heteroatoms. The molecule has 2 rings (SSSR count). The summed E-state index contributed by atoms with van der Waals surface area (Å²) >= 11 is 4.83. The van der Waals surface area contributed by atoms with Gasteiger partial charge < -0.3 is 15.2 Å². The van der Waals surface area contributed by atoms with E-state index in [1.807, 2.05) is 0 Å². The molecule has 0 saturated carbocycles. The van der Waals surface area contributed by atoms with Crippen molar-refractivity contribution in [2.75, 3.05) is 19.8 Å². The number of thiocarbonyl (C=S) groups is 1. The molecule has 2 N–H and O–H groups in total. The van der Waals surface area contributed by atoms with Gasteiger partial charge in [0.05, 0.1) is 19.8 Å². The third-order valence-corrected chi connectivity index (χ3v) is 3.12. The maximum atomic E-state index is 13.3. The first-order valence-electron chi connectivity index (χ1n) is 5.90. The van der Waals surface area contributed by atoms with Crippen LogP contribution in [0.4, 0.5) is 4.39 Å². The fraction of sp³-hybridized carbons (Fsp3) is 0.462. The lowest BCUT2D eigenvalue weighted by atomic mass is 10.1. The maximum absolute atomic E-state index is 13.3. The van der Waals surface area contributed by atoms with Crippen LogP contribution in [0, 0.1) is 11.7 Å². The zero-order valence-electron chi connectivity index (χ0n) is 10.0. The minimum absolute atomic E-state index is 0.194. The maximum Gasteiger partial charge on any atom is 0.124 e. The summed E-state index contributed by atoms with van der Waals surface area (Å²) in [6.07, 6.45) is 1.03. The fourth-order valence-electron chi connectivity index (χ4n) is 1.93. The molecular weight excluding hydrogens is 253 g/mol. The Kier molecular flexibility index (Phi) is 4.63. The predicted octanol–water partition coefficient (Wildman–Crippen LogP) is 2.01. The first kappa shape index (κ1) is 13.4. The third-order valence-electron chi connectivity index (χ3n) is 2.89. The van der Waals surface area contributed by atoms with E-state index in [-0.39, 0.29) is 10.8 Å². The summed E-state index contributed by atoms with van der Waals surface area (Å²) in [6, 6.07) is 4.53. The van der Waals surface area contributed by atoms with Gasteiger partial charge in [-0.1, -0.05) is 12.2 Å². The summed E-state index contributed by atoms with van der Waals surface area (Å²) < 4.78 is 24.1. The number of benzene rings is 1. The Morgan fingerprint density at radius 3 is 3.00 bits per heavy atom. The van der Waals surface area contributed by atoms with Gasteiger partial charge in [0.15, 0.2) is 0 Å². The van der Waals surface area contributed by atoms with Crippen LogP contribution in [0.25, 0.3) is 0 Å². The van der Waals surface area contributed by atoms with Crippen LogP contribution in [0.2, 0.25) is 0 Å². The standard InChI is InChI=1S/C13H16FNO2S/c14-12-4-10(3-11(5-12)13(15)18)8-17-7-9-1-2-16-6-9/h3-5,9H,1-2,6-8H2,(H2,15,18). The van der Waals surface area contributed by atoms with Crippen LogP contribution >= 0.6 is 12.2 Å². The van der Waals surface area contributed by atoms with E-state index in [1.54, 1.807) is 6.07 Å². The van der Waals surface area contributed by atoms with Crippen LogP contribution in [0.1, 0.15) is 17.5 Å². The van der Waals surface area contributed by atoms with Crippen molar-refractivity contribution < 1.29 is 13.9 Å². The minimum Gasteiger partial charge on any atom is -0.389 e. The summed E-state index contributed by atoms with van der Waals surface area (Å²) in [5.74, 6) is 0.108. The molecule has 1 unspecified atom stereocenters. The molecule has 0 amide bonds. The van der Waals surface area contributed by atoms with Gasteiger partial charge in [-0.15, -0.1) is 0 Å². The van der Waals surface area contributed by atoms with Crippen LogP contribution in [0.15, 0.2) is 18.2 Å². The summed E-state index contributed by atoms with van der Waals surface area (Å²) in [4.78, 5) is 0.194. The van der Waals surface area contributed by atoms with Gasteiger partial charge in [-0.25, -0.2) is 4.39 Å². The molecule has 0 spiro atoms. The highest BCUT2D eigenvalue weighted by atomic mass is 32.1. The lowest BCUT2D eigenvalue weighted by Gasteiger charge is -2.09. The quantitative estimate of drug-likeness (QED) is 0.831. The number of hydrogen-bond donors (Lipinski definition) is 1. The van der Waals surface area contributed by atoms with Gasteiger partial charge in [0.2, 0.25) is 0 Å².